The standard InChI is InChI=1S/C37H71NO7/c1-6-8-10-11-12-13-14-15-16-17-18-19-20-21-22-23-24-26-28-36(40)45-33(32-44-35(39)27-25-9-7-2)31-43-30-29-34(37(41)42)38(3,4)5/h33-34H,6-32H2,1-5H3. The molecule has 45 heavy (non-hydrogen) atoms. The maximum absolute atomic E-state index is 12.5. The van der Waals surface area contributed by atoms with Crippen molar-refractivity contribution >= 4 is 17.9 Å². The number of carbonyl (C=O) groups is 3. The fourth-order valence-electron chi connectivity index (χ4n) is 5.54. The van der Waals surface area contributed by atoms with E-state index in [4.69, 9.17) is 14.2 Å². The van der Waals surface area contributed by atoms with Gasteiger partial charge in [-0.25, -0.2) is 0 Å². The quantitative estimate of drug-likeness (QED) is 0.0411. The Balaban J connectivity index is 4.11. The van der Waals surface area contributed by atoms with E-state index in [1.807, 2.05) is 0 Å². The lowest BCUT2D eigenvalue weighted by Crippen LogP contribution is -2.55. The Kier molecular flexibility index (Phi) is 28.6. The predicted molar refractivity (Wildman–Crippen MR) is 181 cm³/mol. The van der Waals surface area contributed by atoms with Crippen LogP contribution in [0.1, 0.15) is 168 Å². The zero-order chi connectivity index (χ0) is 33.6. The molecule has 0 bridgehead atoms. The van der Waals surface area contributed by atoms with Crippen molar-refractivity contribution in [3.05, 3.63) is 0 Å². The lowest BCUT2D eigenvalue weighted by Gasteiger charge is -2.34. The van der Waals surface area contributed by atoms with Crippen LogP contribution < -0.4 is 5.11 Å². The number of hydrogen-bond donors (Lipinski definition) is 0. The van der Waals surface area contributed by atoms with E-state index in [2.05, 4.69) is 13.8 Å². The van der Waals surface area contributed by atoms with E-state index in [1.165, 1.54) is 96.3 Å². The highest BCUT2D eigenvalue weighted by Gasteiger charge is 2.25. The van der Waals surface area contributed by atoms with Crippen LogP contribution in [0.5, 0.6) is 0 Å². The lowest BCUT2D eigenvalue weighted by atomic mass is 10.0. The Labute approximate surface area is 276 Å². The van der Waals surface area contributed by atoms with Gasteiger partial charge in [0.2, 0.25) is 0 Å². The summed E-state index contributed by atoms with van der Waals surface area (Å²) >= 11 is 0. The molecule has 0 aromatic carbocycles. The second kappa shape index (κ2) is 29.7. The number of ether oxygens (including phenoxy) is 3. The van der Waals surface area contributed by atoms with Crippen molar-refractivity contribution in [3.8, 4) is 0 Å². The Morgan fingerprint density at radius 1 is 0.578 bits per heavy atom. The fraction of sp³-hybridized carbons (Fsp3) is 0.919. The number of nitrogens with zero attached hydrogens (tertiary/aromatic N) is 1. The normalized spacial score (nSPS) is 13.0. The number of hydrogen-bond acceptors (Lipinski definition) is 7. The highest BCUT2D eigenvalue weighted by Crippen LogP contribution is 2.15. The average Bonchev–Trinajstić information content (AvgIpc) is 2.98. The van der Waals surface area contributed by atoms with Crippen LogP contribution in [-0.2, 0) is 28.6 Å². The smallest absolute Gasteiger partial charge is 0.306 e. The molecule has 2 unspecified atom stereocenters. The van der Waals surface area contributed by atoms with E-state index in [0.717, 1.165) is 38.5 Å². The molecule has 0 amide bonds. The van der Waals surface area contributed by atoms with Crippen LogP contribution >= 0.6 is 0 Å². The zero-order valence-electron chi connectivity index (χ0n) is 30.1. The van der Waals surface area contributed by atoms with Crippen LogP contribution in [0.3, 0.4) is 0 Å². The number of esters is 2. The molecule has 266 valence electrons. The molecule has 0 radical (unpaired) electrons. The van der Waals surface area contributed by atoms with Crippen LogP contribution in [0, 0.1) is 0 Å². The topological polar surface area (TPSA) is 102 Å². The second-order valence-corrected chi connectivity index (χ2v) is 13.8. The van der Waals surface area contributed by atoms with E-state index in [0.29, 0.717) is 12.8 Å². The molecule has 0 aliphatic rings. The van der Waals surface area contributed by atoms with Crippen molar-refractivity contribution in [1.82, 2.24) is 0 Å². The van der Waals surface area contributed by atoms with Crippen LogP contribution in [-0.4, -0.2) is 75.5 Å². The van der Waals surface area contributed by atoms with Crippen molar-refractivity contribution in [3.63, 3.8) is 0 Å². The van der Waals surface area contributed by atoms with Crippen molar-refractivity contribution in [2.24, 2.45) is 0 Å². The molecule has 0 spiro atoms. The number of rotatable bonds is 33. The first-order chi connectivity index (χ1) is 21.6. The van der Waals surface area contributed by atoms with Gasteiger partial charge in [-0.15, -0.1) is 0 Å². The van der Waals surface area contributed by atoms with Gasteiger partial charge in [-0.05, 0) is 12.8 Å². The third-order valence-electron chi connectivity index (χ3n) is 8.49. The Morgan fingerprint density at radius 2 is 0.978 bits per heavy atom. The van der Waals surface area contributed by atoms with Gasteiger partial charge in [0.25, 0.3) is 0 Å². The number of carboxylic acids is 1. The van der Waals surface area contributed by atoms with E-state index in [1.54, 1.807) is 21.1 Å². The van der Waals surface area contributed by atoms with Crippen LogP contribution in [0.4, 0.5) is 0 Å². The van der Waals surface area contributed by atoms with Gasteiger partial charge in [0.05, 0.1) is 40.3 Å². The molecular formula is C37H71NO7. The molecule has 8 heteroatoms. The van der Waals surface area contributed by atoms with Gasteiger partial charge in [0, 0.05) is 19.3 Å². The SMILES string of the molecule is CCCCCCCCCCCCCCCCCCCCC(=O)OC(COCCC(C(=O)[O-])[N+](C)(C)C)COC(=O)CCCCC. The molecular weight excluding hydrogens is 570 g/mol. The van der Waals surface area contributed by atoms with Crippen LogP contribution in [0.25, 0.3) is 0 Å². The number of carbonyl (C=O) groups excluding carboxylic acids is 3. The van der Waals surface area contributed by atoms with Crippen molar-refractivity contribution < 1.29 is 38.2 Å². The lowest BCUT2D eigenvalue weighted by molar-refractivity contribution is -0.889. The predicted octanol–water partition coefficient (Wildman–Crippen LogP) is 7.68. The fourth-order valence-corrected chi connectivity index (χ4v) is 5.54. The van der Waals surface area contributed by atoms with E-state index in [9.17, 15) is 19.5 Å². The monoisotopic (exact) mass is 642 g/mol. The Bertz CT molecular complexity index is 722. The summed E-state index contributed by atoms with van der Waals surface area (Å²) in [6.45, 7) is 4.50. The van der Waals surface area contributed by atoms with Gasteiger partial charge in [-0.3, -0.25) is 9.59 Å². The first kappa shape index (κ1) is 43.3. The molecule has 0 aromatic heterocycles. The molecule has 0 heterocycles. The van der Waals surface area contributed by atoms with Gasteiger partial charge in [-0.2, -0.15) is 0 Å². The van der Waals surface area contributed by atoms with Crippen LogP contribution in [0.2, 0.25) is 0 Å². The third-order valence-corrected chi connectivity index (χ3v) is 8.49. The van der Waals surface area contributed by atoms with E-state index < -0.39 is 18.1 Å². The molecule has 0 aliphatic carbocycles. The van der Waals surface area contributed by atoms with Crippen molar-refractivity contribution in [2.45, 2.75) is 180 Å². The maximum atomic E-state index is 12.5. The van der Waals surface area contributed by atoms with Gasteiger partial charge in [0.15, 0.2) is 6.10 Å². The summed E-state index contributed by atoms with van der Waals surface area (Å²) in [5.74, 6) is -1.75. The van der Waals surface area contributed by atoms with E-state index >= 15 is 0 Å². The number of unbranched alkanes of at least 4 members (excludes halogenated alkanes) is 19. The van der Waals surface area contributed by atoms with Gasteiger partial charge in [0.1, 0.15) is 12.6 Å². The second-order valence-electron chi connectivity index (χ2n) is 13.8. The number of likely N-dealkylation sites (N-methyl/N-ethyl adjacent to an activating group) is 1. The first-order valence-corrected chi connectivity index (χ1v) is 18.6. The molecule has 8 nitrogen and oxygen atoms in total. The Hall–Kier alpha value is -1.67. The molecule has 0 saturated heterocycles. The van der Waals surface area contributed by atoms with Crippen LogP contribution in [0.15, 0.2) is 0 Å². The molecule has 0 fully saturated rings. The average molecular weight is 642 g/mol. The van der Waals surface area contributed by atoms with Gasteiger partial charge < -0.3 is 28.6 Å². The summed E-state index contributed by atoms with van der Waals surface area (Å²) in [5, 5.41) is 11.5. The summed E-state index contributed by atoms with van der Waals surface area (Å²) in [7, 11) is 5.38. The number of quaternary nitrogens is 1. The van der Waals surface area contributed by atoms with Crippen molar-refractivity contribution in [1.29, 1.82) is 0 Å². The first-order valence-electron chi connectivity index (χ1n) is 18.6. The summed E-state index contributed by atoms with van der Waals surface area (Å²) in [6.07, 6.45) is 26.3. The molecule has 0 aliphatic heterocycles. The third kappa shape index (κ3) is 28.3. The minimum Gasteiger partial charge on any atom is -0.544 e. The summed E-state index contributed by atoms with van der Waals surface area (Å²) in [6, 6.07) is -0.716. The minimum atomic E-state index is -1.13. The number of carboxylic acid groups (broad SMARTS) is 1. The molecule has 0 saturated carbocycles. The number of aliphatic carboxylic acids is 1. The van der Waals surface area contributed by atoms with Crippen molar-refractivity contribution in [2.75, 3.05) is 41.0 Å². The molecule has 0 N–H and O–H groups in total. The Morgan fingerprint density at radius 3 is 1.42 bits per heavy atom. The molecule has 0 rings (SSSR count). The highest BCUT2D eigenvalue weighted by atomic mass is 16.6. The highest BCUT2D eigenvalue weighted by molar-refractivity contribution is 5.70. The molecule has 0 aromatic rings. The summed E-state index contributed by atoms with van der Waals surface area (Å²) in [5.41, 5.74) is 0. The molecule has 2 atom stereocenters. The zero-order valence-corrected chi connectivity index (χ0v) is 30.1. The van der Waals surface area contributed by atoms with E-state index in [-0.39, 0.29) is 42.7 Å². The largest absolute Gasteiger partial charge is 0.544 e. The minimum absolute atomic E-state index is 0.0457. The maximum Gasteiger partial charge on any atom is 0.306 e. The van der Waals surface area contributed by atoms with Gasteiger partial charge >= 0.3 is 11.9 Å². The summed E-state index contributed by atoms with van der Waals surface area (Å²) < 4.78 is 16.9. The van der Waals surface area contributed by atoms with Gasteiger partial charge in [-0.1, -0.05) is 136 Å². The summed E-state index contributed by atoms with van der Waals surface area (Å²) in [4.78, 5) is 36.1.